The molecule has 0 aliphatic carbocycles. The van der Waals surface area contributed by atoms with Crippen molar-refractivity contribution < 1.29 is 14.7 Å². The molecule has 0 saturated heterocycles. The molecule has 1 aromatic rings. The number of aryl methyl sites for hydroxylation is 1. The number of hydrogen-bond acceptors (Lipinski definition) is 3. The van der Waals surface area contributed by atoms with Crippen molar-refractivity contribution in [2.24, 2.45) is 0 Å². The van der Waals surface area contributed by atoms with E-state index < -0.39 is 5.97 Å². The minimum Gasteiger partial charge on any atom is -0.481 e. The Morgan fingerprint density at radius 1 is 1.39 bits per heavy atom. The molecule has 2 rings (SSSR count). The second-order valence-electron chi connectivity index (χ2n) is 4.13. The molecule has 1 heterocycles. The van der Waals surface area contributed by atoms with Crippen molar-refractivity contribution >= 4 is 23.6 Å². The third-order valence-electron chi connectivity index (χ3n) is 2.87. The minimum absolute atomic E-state index is 0.0369. The SMILES string of the molecule is O=C(O)CCNC(=O)[C@@H]1SCCc2ccccc21. The van der Waals surface area contributed by atoms with Crippen LogP contribution in [0.15, 0.2) is 24.3 Å². The van der Waals surface area contributed by atoms with Crippen molar-refractivity contribution in [3.05, 3.63) is 35.4 Å². The van der Waals surface area contributed by atoms with E-state index in [1.165, 1.54) is 5.56 Å². The zero-order valence-corrected chi connectivity index (χ0v) is 10.7. The van der Waals surface area contributed by atoms with Crippen LogP contribution < -0.4 is 5.32 Å². The van der Waals surface area contributed by atoms with Crippen molar-refractivity contribution in [2.75, 3.05) is 12.3 Å². The van der Waals surface area contributed by atoms with E-state index in [0.717, 1.165) is 17.7 Å². The fraction of sp³-hybridized carbons (Fsp3) is 0.385. The highest BCUT2D eigenvalue weighted by atomic mass is 32.2. The first-order valence-corrected chi connectivity index (χ1v) is 6.92. The van der Waals surface area contributed by atoms with Gasteiger partial charge >= 0.3 is 5.97 Å². The molecular formula is C13H15NO3S. The lowest BCUT2D eigenvalue weighted by Gasteiger charge is -2.24. The Balaban J connectivity index is 2.01. The van der Waals surface area contributed by atoms with Gasteiger partial charge in [0.15, 0.2) is 0 Å². The average molecular weight is 265 g/mol. The molecule has 2 N–H and O–H groups in total. The standard InChI is InChI=1S/C13H15NO3S/c15-11(16)5-7-14-13(17)12-10-4-2-1-3-9(10)6-8-18-12/h1-4,12H,5-8H2,(H,14,17)(H,15,16)/t12-/m1/s1. The maximum atomic E-state index is 12.0. The van der Waals surface area contributed by atoms with E-state index in [-0.39, 0.29) is 24.1 Å². The van der Waals surface area contributed by atoms with Gasteiger partial charge in [-0.2, -0.15) is 0 Å². The molecule has 0 aromatic heterocycles. The number of amides is 1. The van der Waals surface area contributed by atoms with Crippen LogP contribution in [0, 0.1) is 0 Å². The van der Waals surface area contributed by atoms with Gasteiger partial charge in [-0.05, 0) is 23.3 Å². The molecule has 18 heavy (non-hydrogen) atoms. The highest BCUT2D eigenvalue weighted by Crippen LogP contribution is 2.36. The molecule has 0 spiro atoms. The maximum absolute atomic E-state index is 12.0. The Bertz CT molecular complexity index is 461. The van der Waals surface area contributed by atoms with E-state index in [1.807, 2.05) is 24.3 Å². The molecule has 1 aliphatic rings. The molecule has 0 unspecified atom stereocenters. The fourth-order valence-electron chi connectivity index (χ4n) is 2.00. The molecule has 1 atom stereocenters. The van der Waals surface area contributed by atoms with Crippen LogP contribution in [0.4, 0.5) is 0 Å². The van der Waals surface area contributed by atoms with E-state index in [0.29, 0.717) is 0 Å². The first-order valence-electron chi connectivity index (χ1n) is 5.87. The predicted molar refractivity (Wildman–Crippen MR) is 70.6 cm³/mol. The number of rotatable bonds is 4. The molecule has 4 nitrogen and oxygen atoms in total. The minimum atomic E-state index is -0.896. The van der Waals surface area contributed by atoms with Gasteiger partial charge in [0.05, 0.1) is 6.42 Å². The second kappa shape index (κ2) is 5.91. The summed E-state index contributed by atoms with van der Waals surface area (Å²) in [5.74, 6) is -0.0611. The largest absolute Gasteiger partial charge is 0.481 e. The lowest BCUT2D eigenvalue weighted by atomic mass is 10.0. The van der Waals surface area contributed by atoms with Crippen LogP contribution in [0.5, 0.6) is 0 Å². The summed E-state index contributed by atoms with van der Waals surface area (Å²) in [7, 11) is 0. The molecule has 96 valence electrons. The van der Waals surface area contributed by atoms with Gasteiger partial charge in [-0.3, -0.25) is 9.59 Å². The lowest BCUT2D eigenvalue weighted by Crippen LogP contribution is -2.31. The highest BCUT2D eigenvalue weighted by molar-refractivity contribution is 8.00. The van der Waals surface area contributed by atoms with Gasteiger partial charge in [0.1, 0.15) is 5.25 Å². The fourth-order valence-corrected chi connectivity index (χ4v) is 3.21. The Kier molecular flexibility index (Phi) is 4.25. The second-order valence-corrected chi connectivity index (χ2v) is 5.35. The van der Waals surface area contributed by atoms with Crippen LogP contribution in [0.3, 0.4) is 0 Å². The van der Waals surface area contributed by atoms with Crippen LogP contribution in [-0.4, -0.2) is 29.3 Å². The number of carboxylic acids is 1. The van der Waals surface area contributed by atoms with Crippen molar-refractivity contribution in [1.29, 1.82) is 0 Å². The number of aliphatic carboxylic acids is 1. The number of nitrogens with one attached hydrogen (secondary N) is 1. The topological polar surface area (TPSA) is 66.4 Å². The summed E-state index contributed by atoms with van der Waals surface area (Å²) in [4.78, 5) is 22.4. The van der Waals surface area contributed by atoms with E-state index >= 15 is 0 Å². The molecular weight excluding hydrogens is 250 g/mol. The number of carbonyl (C=O) groups is 2. The van der Waals surface area contributed by atoms with Gasteiger partial charge in [0.25, 0.3) is 0 Å². The number of carbonyl (C=O) groups excluding carboxylic acids is 1. The number of benzene rings is 1. The van der Waals surface area contributed by atoms with Gasteiger partial charge in [-0.1, -0.05) is 24.3 Å². The Hall–Kier alpha value is -1.49. The van der Waals surface area contributed by atoms with Gasteiger partial charge in [-0.25, -0.2) is 0 Å². The molecule has 0 saturated carbocycles. The summed E-state index contributed by atoms with van der Waals surface area (Å²) in [6, 6.07) is 7.94. The van der Waals surface area contributed by atoms with Crippen molar-refractivity contribution in [1.82, 2.24) is 5.32 Å². The zero-order chi connectivity index (χ0) is 13.0. The monoisotopic (exact) mass is 265 g/mol. The summed E-state index contributed by atoms with van der Waals surface area (Å²) in [6.07, 6.45) is 0.949. The van der Waals surface area contributed by atoms with Gasteiger partial charge in [0, 0.05) is 6.54 Å². The van der Waals surface area contributed by atoms with Crippen LogP contribution in [0.25, 0.3) is 0 Å². The first kappa shape index (κ1) is 13.0. The zero-order valence-electron chi connectivity index (χ0n) is 9.89. The smallest absolute Gasteiger partial charge is 0.305 e. The number of hydrogen-bond donors (Lipinski definition) is 2. The molecule has 0 radical (unpaired) electrons. The van der Waals surface area contributed by atoms with Crippen LogP contribution >= 0.6 is 11.8 Å². The number of carboxylic acid groups (broad SMARTS) is 1. The van der Waals surface area contributed by atoms with Crippen LogP contribution in [-0.2, 0) is 16.0 Å². The normalized spacial score (nSPS) is 17.9. The maximum Gasteiger partial charge on any atom is 0.305 e. The first-order chi connectivity index (χ1) is 8.68. The molecule has 5 heteroatoms. The van der Waals surface area contributed by atoms with Gasteiger partial charge in [0.2, 0.25) is 5.91 Å². The van der Waals surface area contributed by atoms with Crippen molar-refractivity contribution in [3.8, 4) is 0 Å². The van der Waals surface area contributed by atoms with E-state index in [4.69, 9.17) is 5.11 Å². The average Bonchev–Trinajstić information content (AvgIpc) is 2.37. The molecule has 1 aliphatic heterocycles. The summed E-state index contributed by atoms with van der Waals surface area (Å²) in [6.45, 7) is 0.188. The third-order valence-corrected chi connectivity index (χ3v) is 4.11. The Labute approximate surface area is 110 Å². The quantitative estimate of drug-likeness (QED) is 0.868. The molecule has 0 bridgehead atoms. The third kappa shape index (κ3) is 3.04. The van der Waals surface area contributed by atoms with E-state index in [2.05, 4.69) is 5.32 Å². The van der Waals surface area contributed by atoms with Crippen LogP contribution in [0.2, 0.25) is 0 Å². The summed E-state index contributed by atoms with van der Waals surface area (Å²) >= 11 is 1.61. The number of thioether (sulfide) groups is 1. The summed E-state index contributed by atoms with van der Waals surface area (Å²) in [5.41, 5.74) is 2.27. The van der Waals surface area contributed by atoms with Crippen LogP contribution in [0.1, 0.15) is 22.8 Å². The van der Waals surface area contributed by atoms with Gasteiger partial charge in [-0.15, -0.1) is 11.8 Å². The van der Waals surface area contributed by atoms with E-state index in [9.17, 15) is 9.59 Å². The summed E-state index contributed by atoms with van der Waals surface area (Å²) < 4.78 is 0. The van der Waals surface area contributed by atoms with Gasteiger partial charge < -0.3 is 10.4 Å². The number of fused-ring (bicyclic) bond motifs is 1. The lowest BCUT2D eigenvalue weighted by molar-refractivity contribution is -0.136. The molecule has 0 fully saturated rings. The Morgan fingerprint density at radius 3 is 2.94 bits per heavy atom. The molecule has 1 amide bonds. The summed E-state index contributed by atoms with van der Waals surface area (Å²) in [5, 5.41) is 11.0. The van der Waals surface area contributed by atoms with Crippen molar-refractivity contribution in [3.63, 3.8) is 0 Å². The van der Waals surface area contributed by atoms with E-state index in [1.54, 1.807) is 11.8 Å². The highest BCUT2D eigenvalue weighted by Gasteiger charge is 2.26. The Morgan fingerprint density at radius 2 is 2.17 bits per heavy atom. The predicted octanol–water partition coefficient (Wildman–Crippen LogP) is 1.61. The van der Waals surface area contributed by atoms with Crippen molar-refractivity contribution in [2.45, 2.75) is 18.1 Å². The molecule has 1 aromatic carbocycles.